The second-order valence-electron chi connectivity index (χ2n) is 6.33. The van der Waals surface area contributed by atoms with Crippen molar-refractivity contribution in [2.24, 2.45) is 11.8 Å². The highest BCUT2D eigenvalue weighted by Crippen LogP contribution is 2.32. The van der Waals surface area contributed by atoms with Gasteiger partial charge in [0.25, 0.3) is 0 Å². The Morgan fingerprint density at radius 2 is 1.95 bits per heavy atom. The number of hydrogen-bond donors (Lipinski definition) is 1. The minimum atomic E-state index is -0.623. The van der Waals surface area contributed by atoms with E-state index >= 15 is 0 Å². The summed E-state index contributed by atoms with van der Waals surface area (Å²) in [5.41, 5.74) is 0.894. The number of hydrogen-bond acceptors (Lipinski definition) is 4. The molecule has 0 spiro atoms. The number of rotatable bonds is 6. The van der Waals surface area contributed by atoms with Crippen LogP contribution in [0.15, 0.2) is 24.3 Å². The number of benzene rings is 1. The average molecular weight is 301 g/mol. The number of nitrogens with zero attached hydrogens (tertiary/aromatic N) is 3. The summed E-state index contributed by atoms with van der Waals surface area (Å²) >= 11 is 0. The largest absolute Gasteiger partial charge is 0.497 e. The van der Waals surface area contributed by atoms with Gasteiger partial charge in [-0.05, 0) is 48.9 Å². The molecule has 3 rings (SSSR count). The molecule has 22 heavy (non-hydrogen) atoms. The van der Waals surface area contributed by atoms with Gasteiger partial charge in [0.15, 0.2) is 11.6 Å². The Labute approximate surface area is 131 Å². The maximum atomic E-state index is 10.5. The number of methoxy groups -OCH3 is 1. The lowest BCUT2D eigenvalue weighted by atomic mass is 10.1. The van der Waals surface area contributed by atoms with Gasteiger partial charge in [0.1, 0.15) is 11.9 Å². The Bertz CT molecular complexity index is 630. The van der Waals surface area contributed by atoms with Crippen LogP contribution >= 0.6 is 0 Å². The molecule has 2 aromatic rings. The molecule has 1 aliphatic carbocycles. The first-order valence-electron chi connectivity index (χ1n) is 7.86. The summed E-state index contributed by atoms with van der Waals surface area (Å²) in [7, 11) is 1.65. The Morgan fingerprint density at radius 3 is 2.50 bits per heavy atom. The highest BCUT2D eigenvalue weighted by molar-refractivity contribution is 5.37. The maximum absolute atomic E-state index is 10.5. The molecule has 0 bridgehead atoms. The van der Waals surface area contributed by atoms with Gasteiger partial charge < -0.3 is 9.84 Å². The molecule has 1 aliphatic rings. The lowest BCUT2D eigenvalue weighted by Crippen LogP contribution is -2.13. The average Bonchev–Trinajstić information content (AvgIpc) is 3.23. The molecule has 1 atom stereocenters. The van der Waals surface area contributed by atoms with Crippen LogP contribution in [0.3, 0.4) is 0 Å². The zero-order chi connectivity index (χ0) is 15.7. The van der Waals surface area contributed by atoms with Gasteiger partial charge in [0.2, 0.25) is 0 Å². The predicted octanol–water partition coefficient (Wildman–Crippen LogP) is 2.92. The summed E-state index contributed by atoms with van der Waals surface area (Å²) in [5, 5.41) is 15.1. The molecule has 0 unspecified atom stereocenters. The van der Waals surface area contributed by atoms with Crippen molar-refractivity contribution in [3.05, 3.63) is 35.9 Å². The van der Waals surface area contributed by atoms with Gasteiger partial charge in [0, 0.05) is 6.42 Å². The molecule has 1 N–H and O–H groups in total. The number of aliphatic hydroxyl groups excluding tert-OH is 1. The molecule has 1 heterocycles. The molecule has 0 aliphatic heterocycles. The summed E-state index contributed by atoms with van der Waals surface area (Å²) < 4.78 is 6.96. The van der Waals surface area contributed by atoms with E-state index in [2.05, 4.69) is 10.1 Å². The quantitative estimate of drug-likeness (QED) is 0.891. The number of aliphatic hydroxyl groups is 1. The Kier molecular flexibility index (Phi) is 4.16. The highest BCUT2D eigenvalue weighted by atomic mass is 16.5. The summed E-state index contributed by atoms with van der Waals surface area (Å²) in [6.07, 6.45) is 2.81. The molecule has 0 amide bonds. The van der Waals surface area contributed by atoms with E-state index in [4.69, 9.17) is 4.74 Å². The van der Waals surface area contributed by atoms with Crippen molar-refractivity contribution in [1.29, 1.82) is 0 Å². The summed E-state index contributed by atoms with van der Waals surface area (Å²) in [6.45, 7) is 3.97. The zero-order valence-electron chi connectivity index (χ0n) is 13.4. The first-order chi connectivity index (χ1) is 10.6. The minimum absolute atomic E-state index is 0.0926. The van der Waals surface area contributed by atoms with Gasteiger partial charge in [-0.3, -0.25) is 0 Å². The van der Waals surface area contributed by atoms with Crippen molar-refractivity contribution in [3.63, 3.8) is 0 Å². The van der Waals surface area contributed by atoms with Gasteiger partial charge in [-0.2, -0.15) is 5.10 Å². The van der Waals surface area contributed by atoms with Crippen LogP contribution in [0.2, 0.25) is 0 Å². The van der Waals surface area contributed by atoms with Crippen molar-refractivity contribution >= 4 is 0 Å². The normalized spacial score (nSPS) is 16.0. The monoisotopic (exact) mass is 301 g/mol. The summed E-state index contributed by atoms with van der Waals surface area (Å²) in [6, 6.07) is 7.65. The molecule has 5 nitrogen and oxygen atoms in total. The van der Waals surface area contributed by atoms with E-state index < -0.39 is 6.10 Å². The number of aromatic nitrogens is 3. The summed E-state index contributed by atoms with van der Waals surface area (Å²) in [5.74, 6) is 3.06. The minimum Gasteiger partial charge on any atom is -0.497 e. The Hall–Kier alpha value is -1.88. The van der Waals surface area contributed by atoms with Crippen molar-refractivity contribution in [2.75, 3.05) is 7.11 Å². The van der Waals surface area contributed by atoms with E-state index in [9.17, 15) is 5.11 Å². The van der Waals surface area contributed by atoms with E-state index in [-0.39, 0.29) is 5.92 Å². The van der Waals surface area contributed by atoms with Crippen molar-refractivity contribution < 1.29 is 9.84 Å². The second-order valence-corrected chi connectivity index (χ2v) is 6.33. The molecule has 5 heteroatoms. The fraction of sp³-hybridized carbons (Fsp3) is 0.529. The Balaban J connectivity index is 1.96. The van der Waals surface area contributed by atoms with Crippen LogP contribution in [0.25, 0.3) is 5.69 Å². The van der Waals surface area contributed by atoms with Crippen LogP contribution in [-0.2, 0) is 6.42 Å². The fourth-order valence-corrected chi connectivity index (χ4v) is 2.44. The molecule has 1 fully saturated rings. The van der Waals surface area contributed by atoms with Gasteiger partial charge in [0.05, 0.1) is 12.8 Å². The number of ether oxygens (including phenoxy) is 1. The fourth-order valence-electron chi connectivity index (χ4n) is 2.44. The molecular formula is C17H23N3O2. The van der Waals surface area contributed by atoms with Crippen LogP contribution in [-0.4, -0.2) is 27.0 Å². The summed E-state index contributed by atoms with van der Waals surface area (Å²) in [4.78, 5) is 4.60. The first-order valence-corrected chi connectivity index (χ1v) is 7.86. The van der Waals surface area contributed by atoms with Crippen LogP contribution in [0.5, 0.6) is 5.75 Å². The third kappa shape index (κ3) is 3.14. The smallest absolute Gasteiger partial charge is 0.161 e. The topological polar surface area (TPSA) is 60.2 Å². The molecule has 1 aromatic carbocycles. The van der Waals surface area contributed by atoms with Crippen LogP contribution in [0.1, 0.15) is 44.4 Å². The lowest BCUT2D eigenvalue weighted by molar-refractivity contribution is 0.115. The zero-order valence-corrected chi connectivity index (χ0v) is 13.4. The molecule has 1 saturated carbocycles. The van der Waals surface area contributed by atoms with Gasteiger partial charge in [-0.15, -0.1) is 0 Å². The Morgan fingerprint density at radius 1 is 1.27 bits per heavy atom. The van der Waals surface area contributed by atoms with Gasteiger partial charge in [-0.25, -0.2) is 9.67 Å². The van der Waals surface area contributed by atoms with Crippen LogP contribution in [0, 0.1) is 11.8 Å². The van der Waals surface area contributed by atoms with Crippen LogP contribution < -0.4 is 4.74 Å². The highest BCUT2D eigenvalue weighted by Gasteiger charge is 2.27. The standard InChI is InChI=1S/C17H23N3O2/c1-11(2)16(21)17-18-15(10-12-4-5-12)19-20(17)13-6-8-14(22-3)9-7-13/h6-9,11-12,16,21H,4-5,10H2,1-3H3/t16-/m1/s1. The third-order valence-corrected chi connectivity index (χ3v) is 4.06. The van der Waals surface area contributed by atoms with Crippen LogP contribution in [0.4, 0.5) is 0 Å². The van der Waals surface area contributed by atoms with E-state index in [1.165, 1.54) is 12.8 Å². The van der Waals surface area contributed by atoms with E-state index in [1.54, 1.807) is 11.8 Å². The van der Waals surface area contributed by atoms with Crippen molar-refractivity contribution in [3.8, 4) is 11.4 Å². The SMILES string of the molecule is COc1ccc(-n2nc(CC3CC3)nc2[C@H](O)C(C)C)cc1. The van der Waals surface area contributed by atoms with E-state index in [1.807, 2.05) is 38.1 Å². The van der Waals surface area contributed by atoms with E-state index in [0.29, 0.717) is 5.82 Å². The molecular weight excluding hydrogens is 278 g/mol. The molecule has 1 aromatic heterocycles. The predicted molar refractivity (Wildman–Crippen MR) is 84.1 cm³/mol. The van der Waals surface area contributed by atoms with Crippen molar-refractivity contribution in [2.45, 2.75) is 39.2 Å². The van der Waals surface area contributed by atoms with E-state index in [0.717, 1.165) is 29.6 Å². The lowest BCUT2D eigenvalue weighted by Gasteiger charge is -2.14. The maximum Gasteiger partial charge on any atom is 0.161 e. The first kappa shape index (κ1) is 15.0. The second kappa shape index (κ2) is 6.08. The molecule has 118 valence electrons. The van der Waals surface area contributed by atoms with Gasteiger partial charge >= 0.3 is 0 Å². The molecule has 0 radical (unpaired) electrons. The van der Waals surface area contributed by atoms with Crippen molar-refractivity contribution in [1.82, 2.24) is 14.8 Å². The van der Waals surface area contributed by atoms with Gasteiger partial charge in [-0.1, -0.05) is 13.8 Å². The third-order valence-electron chi connectivity index (χ3n) is 4.06. The molecule has 0 saturated heterocycles.